The summed E-state index contributed by atoms with van der Waals surface area (Å²) in [6.45, 7) is 2.61. The second kappa shape index (κ2) is 6.20. The van der Waals surface area contributed by atoms with Gasteiger partial charge < -0.3 is 10.1 Å². The topological polar surface area (TPSA) is 41.6 Å². The van der Waals surface area contributed by atoms with Crippen LogP contribution < -0.4 is 5.32 Å². The predicted octanol–water partition coefficient (Wildman–Crippen LogP) is 1.02. The smallest absolute Gasteiger partial charge is 0.401 e. The molecule has 1 atom stereocenters. The lowest BCUT2D eigenvalue weighted by atomic mass is 10.0. The molecule has 1 N–H and O–H groups in total. The molecule has 0 aliphatic carbocycles. The molecule has 0 aromatic rings. The van der Waals surface area contributed by atoms with Gasteiger partial charge in [0.15, 0.2) is 0 Å². The van der Waals surface area contributed by atoms with Crippen molar-refractivity contribution in [3.05, 3.63) is 0 Å². The van der Waals surface area contributed by atoms with Crippen LogP contribution in [-0.2, 0) is 9.53 Å². The lowest BCUT2D eigenvalue weighted by Crippen LogP contribution is -2.57. The van der Waals surface area contributed by atoms with Gasteiger partial charge in [-0.3, -0.25) is 9.69 Å². The van der Waals surface area contributed by atoms with E-state index in [0.29, 0.717) is 6.54 Å². The van der Waals surface area contributed by atoms with Crippen LogP contribution in [0, 0.1) is 0 Å². The van der Waals surface area contributed by atoms with Crippen LogP contribution in [0.2, 0.25) is 0 Å². The van der Waals surface area contributed by atoms with Crippen molar-refractivity contribution in [3.63, 3.8) is 0 Å². The Kier molecular flexibility index (Phi) is 5.91. The van der Waals surface area contributed by atoms with Crippen molar-refractivity contribution >= 4 is 5.97 Å². The van der Waals surface area contributed by atoms with Gasteiger partial charge in [0, 0.05) is 6.54 Å². The summed E-state index contributed by atoms with van der Waals surface area (Å²) in [5, 5.41) is 2.84. The van der Waals surface area contributed by atoms with Crippen molar-refractivity contribution in [1.82, 2.24) is 10.2 Å². The first-order chi connectivity index (χ1) is 7.64. The number of esters is 1. The number of methoxy groups -OCH3 is 1. The molecule has 0 aromatic carbocycles. The fraction of sp³-hybridized carbons (Fsp3) is 0.900. The van der Waals surface area contributed by atoms with Crippen molar-refractivity contribution in [1.29, 1.82) is 0 Å². The molecule has 7 heteroatoms. The summed E-state index contributed by atoms with van der Waals surface area (Å²) < 4.78 is 41.1. The highest BCUT2D eigenvalue weighted by molar-refractivity contribution is 5.80. The summed E-state index contributed by atoms with van der Waals surface area (Å²) in [5.41, 5.74) is -1.14. The van der Waals surface area contributed by atoms with Crippen LogP contribution in [0.4, 0.5) is 13.2 Å². The summed E-state index contributed by atoms with van der Waals surface area (Å²) in [6, 6.07) is 0. The van der Waals surface area contributed by atoms with Crippen LogP contribution in [0.25, 0.3) is 0 Å². The highest BCUT2D eigenvalue weighted by Gasteiger charge is 2.37. The van der Waals surface area contributed by atoms with E-state index < -0.39 is 24.2 Å². The number of nitrogens with one attached hydrogen (secondary N) is 1. The van der Waals surface area contributed by atoms with E-state index in [1.54, 1.807) is 6.92 Å². The van der Waals surface area contributed by atoms with Crippen LogP contribution in [0.5, 0.6) is 0 Å². The maximum Gasteiger partial charge on any atom is 0.401 e. The van der Waals surface area contributed by atoms with Gasteiger partial charge in [0.25, 0.3) is 0 Å². The molecule has 0 bridgehead atoms. The standard InChI is InChI=1S/C10H19F3N2O2/c1-5-14-9(2,8(16)17-4)6-15(3)7-10(11,12)13/h14H,5-7H2,1-4H3. The van der Waals surface area contributed by atoms with E-state index in [1.165, 1.54) is 21.1 Å². The number of halogens is 3. The molecule has 1 unspecified atom stereocenters. The van der Waals surface area contributed by atoms with E-state index in [-0.39, 0.29) is 6.54 Å². The zero-order valence-electron chi connectivity index (χ0n) is 10.5. The number of hydrogen-bond donors (Lipinski definition) is 1. The Balaban J connectivity index is 4.59. The fourth-order valence-electron chi connectivity index (χ4n) is 1.71. The number of rotatable bonds is 6. The Labute approximate surface area is 99.1 Å². The average molecular weight is 256 g/mol. The van der Waals surface area contributed by atoms with Gasteiger partial charge in [-0.25, -0.2) is 0 Å². The molecule has 4 nitrogen and oxygen atoms in total. The van der Waals surface area contributed by atoms with Crippen LogP contribution in [0.1, 0.15) is 13.8 Å². The van der Waals surface area contributed by atoms with Gasteiger partial charge in [0.2, 0.25) is 0 Å². The minimum atomic E-state index is -4.28. The molecule has 0 aliphatic heterocycles. The van der Waals surface area contributed by atoms with Gasteiger partial charge in [-0.2, -0.15) is 13.2 Å². The average Bonchev–Trinajstić information content (AvgIpc) is 2.13. The molecular weight excluding hydrogens is 237 g/mol. The number of ether oxygens (including phenoxy) is 1. The summed E-state index contributed by atoms with van der Waals surface area (Å²) in [5.74, 6) is -0.576. The first kappa shape index (κ1) is 16.2. The zero-order valence-corrected chi connectivity index (χ0v) is 10.5. The fourth-order valence-corrected chi connectivity index (χ4v) is 1.71. The number of carbonyl (C=O) groups is 1. The Morgan fingerprint density at radius 2 is 1.88 bits per heavy atom. The molecule has 0 rings (SSSR count). The number of alkyl halides is 3. The monoisotopic (exact) mass is 256 g/mol. The van der Waals surface area contributed by atoms with Crippen molar-refractivity contribution in [3.8, 4) is 0 Å². The molecule has 17 heavy (non-hydrogen) atoms. The molecule has 0 fully saturated rings. The second-order valence-electron chi connectivity index (χ2n) is 4.14. The maximum absolute atomic E-state index is 12.2. The van der Waals surface area contributed by atoms with E-state index in [0.717, 1.165) is 4.90 Å². The maximum atomic E-state index is 12.2. The number of hydrogen-bond acceptors (Lipinski definition) is 4. The van der Waals surface area contributed by atoms with Gasteiger partial charge in [0.05, 0.1) is 13.7 Å². The largest absolute Gasteiger partial charge is 0.468 e. The normalized spacial score (nSPS) is 15.8. The van der Waals surface area contributed by atoms with Crippen LogP contribution in [0.3, 0.4) is 0 Å². The Hall–Kier alpha value is -0.820. The SMILES string of the molecule is CCNC(C)(CN(C)CC(F)(F)F)C(=O)OC. The number of likely N-dealkylation sites (N-methyl/N-ethyl adjacent to an activating group) is 2. The van der Waals surface area contributed by atoms with Crippen molar-refractivity contribution < 1.29 is 22.7 Å². The third-order valence-corrected chi connectivity index (χ3v) is 2.24. The summed E-state index contributed by atoms with van der Waals surface area (Å²) in [7, 11) is 2.52. The van der Waals surface area contributed by atoms with Gasteiger partial charge >= 0.3 is 12.1 Å². The molecule has 0 saturated carbocycles. The quantitative estimate of drug-likeness (QED) is 0.720. The van der Waals surface area contributed by atoms with Crippen molar-refractivity contribution in [2.45, 2.75) is 25.6 Å². The second-order valence-corrected chi connectivity index (χ2v) is 4.14. The molecule has 0 spiro atoms. The van der Waals surface area contributed by atoms with E-state index in [2.05, 4.69) is 10.1 Å². The highest BCUT2D eigenvalue weighted by atomic mass is 19.4. The van der Waals surface area contributed by atoms with Crippen LogP contribution >= 0.6 is 0 Å². The van der Waals surface area contributed by atoms with Gasteiger partial charge in [-0.1, -0.05) is 6.92 Å². The first-order valence-electron chi connectivity index (χ1n) is 5.23. The third-order valence-electron chi connectivity index (χ3n) is 2.24. The predicted molar refractivity (Wildman–Crippen MR) is 57.6 cm³/mol. The minimum Gasteiger partial charge on any atom is -0.468 e. The Bertz CT molecular complexity index is 258. The molecule has 0 aromatic heterocycles. The Morgan fingerprint density at radius 3 is 2.24 bits per heavy atom. The van der Waals surface area contributed by atoms with Gasteiger partial charge in [-0.15, -0.1) is 0 Å². The van der Waals surface area contributed by atoms with Crippen molar-refractivity contribution in [2.24, 2.45) is 0 Å². The Morgan fingerprint density at radius 1 is 1.35 bits per heavy atom. The summed E-state index contributed by atoms with van der Waals surface area (Å²) in [4.78, 5) is 12.6. The molecule has 0 heterocycles. The number of nitrogens with zero attached hydrogens (tertiary/aromatic N) is 1. The molecule has 102 valence electrons. The third kappa shape index (κ3) is 5.88. The summed E-state index contributed by atoms with van der Waals surface area (Å²) in [6.07, 6.45) is -4.28. The lowest BCUT2D eigenvalue weighted by molar-refractivity contribution is -0.155. The molecule has 0 radical (unpaired) electrons. The lowest BCUT2D eigenvalue weighted by Gasteiger charge is -2.32. The highest BCUT2D eigenvalue weighted by Crippen LogP contribution is 2.17. The molecule has 0 aliphatic rings. The van der Waals surface area contributed by atoms with E-state index in [4.69, 9.17) is 0 Å². The van der Waals surface area contributed by atoms with E-state index in [1.807, 2.05) is 0 Å². The van der Waals surface area contributed by atoms with Gasteiger partial charge in [0.1, 0.15) is 5.54 Å². The molecule has 0 amide bonds. The minimum absolute atomic E-state index is 0.0764. The summed E-state index contributed by atoms with van der Waals surface area (Å²) >= 11 is 0. The first-order valence-corrected chi connectivity index (χ1v) is 5.23. The van der Waals surface area contributed by atoms with E-state index >= 15 is 0 Å². The zero-order chi connectivity index (χ0) is 13.7. The van der Waals surface area contributed by atoms with Crippen LogP contribution in [0.15, 0.2) is 0 Å². The number of carbonyl (C=O) groups excluding carboxylic acids is 1. The van der Waals surface area contributed by atoms with Gasteiger partial charge in [-0.05, 0) is 20.5 Å². The van der Waals surface area contributed by atoms with E-state index in [9.17, 15) is 18.0 Å². The molecule has 0 saturated heterocycles. The van der Waals surface area contributed by atoms with Crippen molar-refractivity contribution in [2.75, 3.05) is 33.8 Å². The molecular formula is C10H19F3N2O2. The van der Waals surface area contributed by atoms with Crippen LogP contribution in [-0.4, -0.2) is 56.4 Å².